The van der Waals surface area contributed by atoms with Gasteiger partial charge < -0.3 is 9.73 Å². The molecule has 3 nitrogen and oxygen atoms in total. The highest BCUT2D eigenvalue weighted by molar-refractivity contribution is 5.23. The number of hydrogen-bond acceptors (Lipinski definition) is 3. The van der Waals surface area contributed by atoms with Crippen molar-refractivity contribution in [2.24, 2.45) is 0 Å². The lowest BCUT2D eigenvalue weighted by Crippen LogP contribution is -2.48. The van der Waals surface area contributed by atoms with E-state index in [0.29, 0.717) is 18.1 Å². The largest absolute Gasteiger partial charge is 0.466 e. The van der Waals surface area contributed by atoms with Crippen LogP contribution in [-0.4, -0.2) is 30.1 Å². The zero-order valence-electron chi connectivity index (χ0n) is 13.0. The van der Waals surface area contributed by atoms with Crippen molar-refractivity contribution in [1.82, 2.24) is 10.2 Å². The summed E-state index contributed by atoms with van der Waals surface area (Å²) in [6, 6.07) is 3.84. The molecule has 0 aliphatic carbocycles. The third-order valence-electron chi connectivity index (χ3n) is 4.10. The van der Waals surface area contributed by atoms with Gasteiger partial charge in [-0.1, -0.05) is 13.8 Å². The van der Waals surface area contributed by atoms with Crippen molar-refractivity contribution >= 4 is 0 Å². The molecule has 0 aromatic carbocycles. The number of piperidine rings is 1. The molecule has 108 valence electrons. The van der Waals surface area contributed by atoms with Crippen LogP contribution in [0.25, 0.3) is 0 Å². The number of furan rings is 1. The minimum Gasteiger partial charge on any atom is -0.466 e. The Kier molecular flexibility index (Phi) is 4.69. The van der Waals surface area contributed by atoms with Gasteiger partial charge in [0.05, 0.1) is 0 Å². The van der Waals surface area contributed by atoms with Gasteiger partial charge in [0.15, 0.2) is 0 Å². The van der Waals surface area contributed by atoms with Gasteiger partial charge in [0.1, 0.15) is 11.5 Å². The lowest BCUT2D eigenvalue weighted by molar-refractivity contribution is 0.141. The van der Waals surface area contributed by atoms with E-state index in [1.165, 1.54) is 24.9 Å². The van der Waals surface area contributed by atoms with Crippen molar-refractivity contribution in [3.05, 3.63) is 23.2 Å². The summed E-state index contributed by atoms with van der Waals surface area (Å²) in [7, 11) is 0. The molecule has 19 heavy (non-hydrogen) atoms. The van der Waals surface area contributed by atoms with Crippen molar-refractivity contribution in [3.63, 3.8) is 0 Å². The summed E-state index contributed by atoms with van der Waals surface area (Å²) in [4.78, 5) is 2.58. The minimum atomic E-state index is 0.453. The molecule has 1 aliphatic rings. The summed E-state index contributed by atoms with van der Waals surface area (Å²) in [5.74, 6) is 2.09. The first-order valence-electron chi connectivity index (χ1n) is 7.54. The lowest BCUT2D eigenvalue weighted by atomic mass is 10.00. The second-order valence-corrected chi connectivity index (χ2v) is 6.20. The van der Waals surface area contributed by atoms with Crippen LogP contribution >= 0.6 is 0 Å². The molecule has 0 saturated carbocycles. The predicted molar refractivity (Wildman–Crippen MR) is 79.5 cm³/mol. The number of nitrogens with zero attached hydrogens (tertiary/aromatic N) is 1. The molecule has 2 unspecified atom stereocenters. The van der Waals surface area contributed by atoms with E-state index in [1.54, 1.807) is 0 Å². The number of rotatable bonds is 4. The van der Waals surface area contributed by atoms with Crippen LogP contribution in [0.3, 0.4) is 0 Å². The van der Waals surface area contributed by atoms with Gasteiger partial charge >= 0.3 is 0 Å². The molecule has 1 fully saturated rings. The summed E-state index contributed by atoms with van der Waals surface area (Å²) in [5, 5.41) is 3.67. The fourth-order valence-corrected chi connectivity index (χ4v) is 3.23. The van der Waals surface area contributed by atoms with Crippen LogP contribution in [-0.2, 0) is 0 Å². The Morgan fingerprint density at radius 2 is 2.05 bits per heavy atom. The highest BCUT2D eigenvalue weighted by Crippen LogP contribution is 2.28. The molecule has 3 heteroatoms. The maximum Gasteiger partial charge on any atom is 0.105 e. The van der Waals surface area contributed by atoms with E-state index in [0.717, 1.165) is 18.1 Å². The fraction of sp³-hybridized carbons (Fsp3) is 0.750. The van der Waals surface area contributed by atoms with Crippen LogP contribution < -0.4 is 5.32 Å². The normalized spacial score (nSPS) is 22.9. The molecule has 0 radical (unpaired) electrons. The summed E-state index contributed by atoms with van der Waals surface area (Å²) in [6.45, 7) is 13.2. The van der Waals surface area contributed by atoms with Gasteiger partial charge in [-0.2, -0.15) is 0 Å². The van der Waals surface area contributed by atoms with E-state index >= 15 is 0 Å². The topological polar surface area (TPSA) is 28.4 Å². The van der Waals surface area contributed by atoms with E-state index in [2.05, 4.69) is 44.0 Å². The molecular weight excluding hydrogens is 236 g/mol. The van der Waals surface area contributed by atoms with Gasteiger partial charge in [0.2, 0.25) is 0 Å². The Bertz CT molecular complexity index is 411. The zero-order chi connectivity index (χ0) is 14.0. The van der Waals surface area contributed by atoms with Crippen molar-refractivity contribution in [2.75, 3.05) is 13.1 Å². The van der Waals surface area contributed by atoms with Gasteiger partial charge in [0.25, 0.3) is 0 Å². The predicted octanol–water partition coefficient (Wildman–Crippen LogP) is 3.42. The van der Waals surface area contributed by atoms with Crippen LogP contribution in [0.4, 0.5) is 0 Å². The molecule has 1 aromatic rings. The SMILES string of the molecule is Cc1cc(C(C)N2CCCC(NC(C)C)C2)c(C)o1. The van der Waals surface area contributed by atoms with Crippen molar-refractivity contribution in [3.8, 4) is 0 Å². The fourth-order valence-electron chi connectivity index (χ4n) is 3.23. The molecule has 2 rings (SSSR count). The van der Waals surface area contributed by atoms with E-state index in [-0.39, 0.29) is 0 Å². The molecule has 0 amide bonds. The maximum absolute atomic E-state index is 5.68. The summed E-state index contributed by atoms with van der Waals surface area (Å²) in [6.07, 6.45) is 2.58. The van der Waals surface area contributed by atoms with Gasteiger partial charge in [0, 0.05) is 30.2 Å². The van der Waals surface area contributed by atoms with Crippen LogP contribution in [0.5, 0.6) is 0 Å². The highest BCUT2D eigenvalue weighted by atomic mass is 16.3. The molecule has 1 saturated heterocycles. The lowest BCUT2D eigenvalue weighted by Gasteiger charge is -2.37. The van der Waals surface area contributed by atoms with Crippen molar-refractivity contribution in [1.29, 1.82) is 0 Å². The first kappa shape index (κ1) is 14.6. The molecule has 1 N–H and O–H groups in total. The standard InChI is InChI=1S/C16H28N2O/c1-11(2)17-15-7-6-8-18(10-15)13(4)16-9-12(3)19-14(16)5/h9,11,13,15,17H,6-8,10H2,1-5H3. The van der Waals surface area contributed by atoms with Gasteiger partial charge in [-0.15, -0.1) is 0 Å². The summed E-state index contributed by atoms with van der Waals surface area (Å²) < 4.78 is 5.68. The van der Waals surface area contributed by atoms with Gasteiger partial charge in [-0.05, 0) is 46.2 Å². The van der Waals surface area contributed by atoms with E-state index in [4.69, 9.17) is 4.42 Å². The third-order valence-corrected chi connectivity index (χ3v) is 4.10. The Labute approximate surface area is 117 Å². The van der Waals surface area contributed by atoms with E-state index < -0.39 is 0 Å². The minimum absolute atomic E-state index is 0.453. The Hall–Kier alpha value is -0.800. The maximum atomic E-state index is 5.68. The van der Waals surface area contributed by atoms with E-state index in [9.17, 15) is 0 Å². The number of likely N-dealkylation sites (tertiary alicyclic amines) is 1. The molecule has 1 aliphatic heterocycles. The average molecular weight is 264 g/mol. The quantitative estimate of drug-likeness (QED) is 0.903. The Balaban J connectivity index is 2.02. The Morgan fingerprint density at radius 1 is 1.32 bits per heavy atom. The van der Waals surface area contributed by atoms with Crippen molar-refractivity contribution in [2.45, 2.75) is 65.6 Å². The highest BCUT2D eigenvalue weighted by Gasteiger charge is 2.26. The Morgan fingerprint density at radius 3 is 2.63 bits per heavy atom. The molecule has 0 spiro atoms. The zero-order valence-corrected chi connectivity index (χ0v) is 13.0. The van der Waals surface area contributed by atoms with Crippen LogP contribution in [0.2, 0.25) is 0 Å². The second-order valence-electron chi connectivity index (χ2n) is 6.20. The van der Waals surface area contributed by atoms with Gasteiger partial charge in [-0.3, -0.25) is 4.90 Å². The van der Waals surface area contributed by atoms with Gasteiger partial charge in [-0.25, -0.2) is 0 Å². The third kappa shape index (κ3) is 3.61. The van der Waals surface area contributed by atoms with Crippen LogP contribution in [0.1, 0.15) is 56.7 Å². The number of aryl methyl sites for hydroxylation is 2. The monoisotopic (exact) mass is 264 g/mol. The smallest absolute Gasteiger partial charge is 0.105 e. The van der Waals surface area contributed by atoms with E-state index in [1.807, 2.05) is 6.92 Å². The summed E-state index contributed by atoms with van der Waals surface area (Å²) in [5.41, 5.74) is 1.35. The molecule has 0 bridgehead atoms. The second kappa shape index (κ2) is 6.10. The van der Waals surface area contributed by atoms with Crippen LogP contribution in [0.15, 0.2) is 10.5 Å². The molecular formula is C16H28N2O. The van der Waals surface area contributed by atoms with Crippen LogP contribution in [0, 0.1) is 13.8 Å². The van der Waals surface area contributed by atoms with Crippen molar-refractivity contribution < 1.29 is 4.42 Å². The summed E-state index contributed by atoms with van der Waals surface area (Å²) >= 11 is 0. The number of hydrogen-bond donors (Lipinski definition) is 1. The number of nitrogens with one attached hydrogen (secondary N) is 1. The molecule has 2 heterocycles. The molecule has 2 atom stereocenters. The molecule has 1 aromatic heterocycles. The average Bonchev–Trinajstić information content (AvgIpc) is 2.67. The first-order valence-corrected chi connectivity index (χ1v) is 7.54. The first-order chi connectivity index (χ1) is 8.97.